The summed E-state index contributed by atoms with van der Waals surface area (Å²) in [5.41, 5.74) is 6.24. The minimum atomic E-state index is -0.240. The van der Waals surface area contributed by atoms with Gasteiger partial charge in [0.2, 0.25) is 0 Å². The van der Waals surface area contributed by atoms with Crippen molar-refractivity contribution in [2.45, 2.75) is 19.9 Å². The van der Waals surface area contributed by atoms with E-state index in [9.17, 15) is 4.79 Å². The van der Waals surface area contributed by atoms with E-state index in [0.29, 0.717) is 18.0 Å². The molecule has 0 fully saturated rings. The van der Waals surface area contributed by atoms with Crippen molar-refractivity contribution in [3.63, 3.8) is 0 Å². The molecule has 0 aromatic heterocycles. The maximum atomic E-state index is 11.7. The Kier molecular flexibility index (Phi) is 5.45. The molecule has 0 aliphatic heterocycles. The molecule has 2 unspecified atom stereocenters. The predicted molar refractivity (Wildman–Crippen MR) is 72.8 cm³/mol. The highest BCUT2D eigenvalue weighted by Crippen LogP contribution is 2.16. The molecule has 0 spiro atoms. The van der Waals surface area contributed by atoms with Crippen LogP contribution in [0, 0.1) is 5.92 Å². The molecule has 4 N–H and O–H groups in total. The third-order valence-electron chi connectivity index (χ3n) is 2.91. The fraction of sp³-hybridized carbons (Fsp3) is 0.462. The molecule has 2 amide bonds. The lowest BCUT2D eigenvalue weighted by molar-refractivity contribution is 0.245. The summed E-state index contributed by atoms with van der Waals surface area (Å²) in [6, 6.07) is 7.00. The Balaban J connectivity index is 2.53. The molecule has 0 saturated heterocycles. The van der Waals surface area contributed by atoms with Crippen LogP contribution in [-0.4, -0.2) is 25.7 Å². The highest BCUT2D eigenvalue weighted by molar-refractivity contribution is 5.89. The SMILES string of the molecule is COc1cccc(NC(=O)NC(C)C(C)CN)c1. The van der Waals surface area contributed by atoms with Gasteiger partial charge in [-0.05, 0) is 31.5 Å². The van der Waals surface area contributed by atoms with Crippen molar-refractivity contribution < 1.29 is 9.53 Å². The van der Waals surface area contributed by atoms with Crippen molar-refractivity contribution in [1.29, 1.82) is 0 Å². The first kappa shape index (κ1) is 14.3. The van der Waals surface area contributed by atoms with Gasteiger partial charge >= 0.3 is 6.03 Å². The Morgan fingerprint density at radius 1 is 1.44 bits per heavy atom. The summed E-state index contributed by atoms with van der Waals surface area (Å²) in [4.78, 5) is 11.7. The van der Waals surface area contributed by atoms with Crippen LogP contribution in [0.15, 0.2) is 24.3 Å². The van der Waals surface area contributed by atoms with Crippen LogP contribution in [0.2, 0.25) is 0 Å². The largest absolute Gasteiger partial charge is 0.497 e. The predicted octanol–water partition coefficient (Wildman–Crippen LogP) is 1.80. The Labute approximate surface area is 108 Å². The molecular formula is C13H21N3O2. The zero-order chi connectivity index (χ0) is 13.5. The molecule has 0 saturated carbocycles. The van der Waals surface area contributed by atoms with Crippen LogP contribution in [0.5, 0.6) is 5.75 Å². The van der Waals surface area contributed by atoms with Crippen molar-refractivity contribution >= 4 is 11.7 Å². The summed E-state index contributed by atoms with van der Waals surface area (Å²) >= 11 is 0. The van der Waals surface area contributed by atoms with Crippen LogP contribution >= 0.6 is 0 Å². The Bertz CT molecular complexity index is 396. The van der Waals surface area contributed by atoms with E-state index in [4.69, 9.17) is 10.5 Å². The van der Waals surface area contributed by atoms with Crippen LogP contribution in [-0.2, 0) is 0 Å². The van der Waals surface area contributed by atoms with Crippen molar-refractivity contribution in [3.8, 4) is 5.75 Å². The number of nitrogens with one attached hydrogen (secondary N) is 2. The fourth-order valence-electron chi connectivity index (χ4n) is 1.42. The molecule has 1 aromatic rings. The summed E-state index contributed by atoms with van der Waals surface area (Å²) in [5, 5.41) is 5.60. The summed E-state index contributed by atoms with van der Waals surface area (Å²) in [7, 11) is 1.59. The van der Waals surface area contributed by atoms with E-state index in [1.807, 2.05) is 26.0 Å². The third-order valence-corrected chi connectivity index (χ3v) is 2.91. The van der Waals surface area contributed by atoms with Gasteiger partial charge < -0.3 is 21.1 Å². The second-order valence-electron chi connectivity index (χ2n) is 4.33. The minimum absolute atomic E-state index is 0.0283. The number of carbonyl (C=O) groups excluding carboxylic acids is 1. The summed E-state index contributed by atoms with van der Waals surface area (Å²) in [6.07, 6.45) is 0. The lowest BCUT2D eigenvalue weighted by atomic mass is 10.0. The van der Waals surface area contributed by atoms with E-state index < -0.39 is 0 Å². The number of urea groups is 1. The monoisotopic (exact) mass is 251 g/mol. The molecule has 0 radical (unpaired) electrons. The van der Waals surface area contributed by atoms with Crippen LogP contribution in [0.1, 0.15) is 13.8 Å². The average molecular weight is 251 g/mol. The van der Waals surface area contributed by atoms with Gasteiger partial charge in [0.05, 0.1) is 7.11 Å². The number of ether oxygens (including phenoxy) is 1. The molecule has 0 aliphatic rings. The average Bonchev–Trinajstić information content (AvgIpc) is 2.37. The molecular weight excluding hydrogens is 230 g/mol. The number of benzene rings is 1. The van der Waals surface area contributed by atoms with E-state index in [0.717, 1.165) is 0 Å². The van der Waals surface area contributed by atoms with Crippen molar-refractivity contribution in [1.82, 2.24) is 5.32 Å². The summed E-state index contributed by atoms with van der Waals surface area (Å²) in [6.45, 7) is 4.47. The second-order valence-corrected chi connectivity index (χ2v) is 4.33. The minimum Gasteiger partial charge on any atom is -0.497 e. The second kappa shape index (κ2) is 6.86. The fourth-order valence-corrected chi connectivity index (χ4v) is 1.42. The van der Waals surface area contributed by atoms with Gasteiger partial charge in [0.25, 0.3) is 0 Å². The van der Waals surface area contributed by atoms with Crippen LogP contribution in [0.4, 0.5) is 10.5 Å². The van der Waals surface area contributed by atoms with E-state index in [1.54, 1.807) is 19.2 Å². The van der Waals surface area contributed by atoms with E-state index in [-0.39, 0.29) is 18.0 Å². The maximum absolute atomic E-state index is 11.7. The first-order chi connectivity index (χ1) is 8.56. The zero-order valence-electron chi connectivity index (χ0n) is 11.1. The topological polar surface area (TPSA) is 76.4 Å². The number of nitrogens with two attached hydrogens (primary N) is 1. The highest BCUT2D eigenvalue weighted by atomic mass is 16.5. The van der Waals surface area contributed by atoms with E-state index >= 15 is 0 Å². The lowest BCUT2D eigenvalue weighted by Crippen LogP contribution is -2.41. The Morgan fingerprint density at radius 3 is 2.78 bits per heavy atom. The lowest BCUT2D eigenvalue weighted by Gasteiger charge is -2.20. The molecule has 2 atom stereocenters. The van der Waals surface area contributed by atoms with Gasteiger partial charge in [-0.3, -0.25) is 0 Å². The number of hydrogen-bond acceptors (Lipinski definition) is 3. The van der Waals surface area contributed by atoms with Gasteiger partial charge in [0.15, 0.2) is 0 Å². The number of amides is 2. The van der Waals surface area contributed by atoms with Gasteiger partial charge in [0.1, 0.15) is 5.75 Å². The molecule has 18 heavy (non-hydrogen) atoms. The van der Waals surface area contributed by atoms with Gasteiger partial charge in [-0.2, -0.15) is 0 Å². The summed E-state index contributed by atoms with van der Waals surface area (Å²) < 4.78 is 5.08. The highest BCUT2D eigenvalue weighted by Gasteiger charge is 2.13. The number of methoxy groups -OCH3 is 1. The Morgan fingerprint density at radius 2 is 2.17 bits per heavy atom. The van der Waals surface area contributed by atoms with Crippen LogP contribution < -0.4 is 21.1 Å². The van der Waals surface area contributed by atoms with Crippen LogP contribution in [0.25, 0.3) is 0 Å². The first-order valence-electron chi connectivity index (χ1n) is 5.98. The van der Waals surface area contributed by atoms with E-state index in [1.165, 1.54) is 0 Å². The molecule has 0 heterocycles. The van der Waals surface area contributed by atoms with Crippen molar-refractivity contribution in [2.24, 2.45) is 11.7 Å². The molecule has 1 rings (SSSR count). The molecule has 100 valence electrons. The quantitative estimate of drug-likeness (QED) is 0.747. The maximum Gasteiger partial charge on any atom is 0.319 e. The summed E-state index contributed by atoms with van der Waals surface area (Å²) in [5.74, 6) is 0.942. The number of hydrogen-bond donors (Lipinski definition) is 3. The molecule has 5 heteroatoms. The number of anilines is 1. The number of rotatable bonds is 5. The smallest absolute Gasteiger partial charge is 0.319 e. The number of carbonyl (C=O) groups is 1. The zero-order valence-corrected chi connectivity index (χ0v) is 11.1. The first-order valence-corrected chi connectivity index (χ1v) is 5.98. The standard InChI is InChI=1S/C13H21N3O2/c1-9(8-14)10(2)15-13(17)16-11-5-4-6-12(7-11)18-3/h4-7,9-10H,8,14H2,1-3H3,(H2,15,16,17). The molecule has 0 bridgehead atoms. The van der Waals surface area contributed by atoms with Crippen molar-refractivity contribution in [3.05, 3.63) is 24.3 Å². The Hall–Kier alpha value is -1.75. The third kappa shape index (κ3) is 4.25. The van der Waals surface area contributed by atoms with Gasteiger partial charge in [0, 0.05) is 17.8 Å². The van der Waals surface area contributed by atoms with E-state index in [2.05, 4.69) is 10.6 Å². The van der Waals surface area contributed by atoms with Gasteiger partial charge in [-0.15, -0.1) is 0 Å². The van der Waals surface area contributed by atoms with Gasteiger partial charge in [-0.1, -0.05) is 13.0 Å². The normalized spacial score (nSPS) is 13.6. The van der Waals surface area contributed by atoms with Gasteiger partial charge in [-0.25, -0.2) is 4.79 Å². The van der Waals surface area contributed by atoms with Crippen LogP contribution in [0.3, 0.4) is 0 Å². The molecule has 5 nitrogen and oxygen atoms in total. The molecule has 0 aliphatic carbocycles. The van der Waals surface area contributed by atoms with Crippen molar-refractivity contribution in [2.75, 3.05) is 19.0 Å². The molecule has 1 aromatic carbocycles.